The van der Waals surface area contributed by atoms with Crippen molar-refractivity contribution in [3.63, 3.8) is 0 Å². The highest BCUT2D eigenvalue weighted by Crippen LogP contribution is 2.24. The van der Waals surface area contributed by atoms with E-state index in [1.807, 2.05) is 0 Å². The number of amides is 1. The third-order valence-electron chi connectivity index (χ3n) is 4.36. The van der Waals surface area contributed by atoms with E-state index in [1.165, 1.54) is 9.58 Å². The Morgan fingerprint density at radius 1 is 1.15 bits per heavy atom. The first-order chi connectivity index (χ1) is 12.8. The van der Waals surface area contributed by atoms with Crippen LogP contribution in [-0.2, 0) is 24.3 Å². The van der Waals surface area contributed by atoms with Crippen LogP contribution in [0, 0.1) is 17.5 Å². The molecule has 0 bridgehead atoms. The molecule has 0 spiro atoms. The van der Waals surface area contributed by atoms with Crippen LogP contribution in [0.5, 0.6) is 0 Å². The molecule has 0 fully saturated rings. The number of hydrogen-bond acceptors (Lipinski definition) is 4. The third kappa shape index (κ3) is 4.07. The third-order valence-corrected chi connectivity index (χ3v) is 4.36. The molecule has 1 aromatic heterocycles. The average Bonchev–Trinajstić information content (AvgIpc) is 3.02. The molecule has 1 aliphatic heterocycles. The van der Waals surface area contributed by atoms with Crippen LogP contribution in [0.15, 0.2) is 12.1 Å². The summed E-state index contributed by atoms with van der Waals surface area (Å²) in [6.07, 6.45) is -3.18. The summed E-state index contributed by atoms with van der Waals surface area (Å²) in [6, 6.07) is 0.273. The van der Waals surface area contributed by atoms with Crippen molar-refractivity contribution in [2.75, 3.05) is 6.54 Å². The fourth-order valence-electron chi connectivity index (χ4n) is 2.97. The fraction of sp³-hybridized carbons (Fsp3) is 0.438. The lowest BCUT2D eigenvalue weighted by atomic mass is 10.0. The lowest BCUT2D eigenvalue weighted by molar-refractivity contribution is -0.133. The molecule has 1 amide bonds. The zero-order valence-electron chi connectivity index (χ0n) is 14.0. The van der Waals surface area contributed by atoms with Crippen molar-refractivity contribution in [2.45, 2.75) is 38.4 Å². The minimum Gasteiger partial charge on any atom is -0.335 e. The van der Waals surface area contributed by atoms with Crippen molar-refractivity contribution in [3.05, 3.63) is 46.5 Å². The van der Waals surface area contributed by atoms with Gasteiger partial charge in [-0.25, -0.2) is 26.6 Å². The monoisotopic (exact) mass is 389 g/mol. The first-order valence-electron chi connectivity index (χ1n) is 8.13. The first kappa shape index (κ1) is 19.2. The molecule has 1 aromatic carbocycles. The Hall–Kier alpha value is -2.56. The van der Waals surface area contributed by atoms with Crippen LogP contribution < -0.4 is 5.73 Å². The van der Waals surface area contributed by atoms with E-state index < -0.39 is 41.5 Å². The smallest absolute Gasteiger partial charge is 0.284 e. The number of carbonyl (C=O) groups is 1. The number of halogens is 5. The average molecular weight is 389 g/mol. The molecule has 0 saturated heterocycles. The second-order valence-corrected chi connectivity index (χ2v) is 6.29. The van der Waals surface area contributed by atoms with Gasteiger partial charge in [-0.2, -0.15) is 0 Å². The number of alkyl halides is 2. The largest absolute Gasteiger partial charge is 0.335 e. The maximum absolute atomic E-state index is 13.7. The van der Waals surface area contributed by atoms with Gasteiger partial charge in [0.15, 0.2) is 17.3 Å². The maximum Gasteiger partial charge on any atom is 0.284 e. The van der Waals surface area contributed by atoms with E-state index >= 15 is 0 Å². The van der Waals surface area contributed by atoms with E-state index in [1.54, 1.807) is 0 Å². The molecular formula is C16H16F5N5O. The summed E-state index contributed by atoms with van der Waals surface area (Å²) in [6.45, 7) is 0.371. The van der Waals surface area contributed by atoms with Crippen molar-refractivity contribution in [2.24, 2.45) is 5.73 Å². The van der Waals surface area contributed by atoms with Crippen molar-refractivity contribution >= 4 is 5.91 Å². The van der Waals surface area contributed by atoms with Gasteiger partial charge in [0.1, 0.15) is 5.82 Å². The lowest BCUT2D eigenvalue weighted by Crippen LogP contribution is -2.41. The number of aromatic nitrogens is 3. The molecule has 0 aliphatic carbocycles. The zero-order chi connectivity index (χ0) is 19.7. The van der Waals surface area contributed by atoms with E-state index in [-0.39, 0.29) is 43.7 Å². The second kappa shape index (κ2) is 7.59. The lowest BCUT2D eigenvalue weighted by Gasteiger charge is -2.28. The molecule has 1 aliphatic rings. The van der Waals surface area contributed by atoms with Gasteiger partial charge in [0, 0.05) is 25.1 Å². The van der Waals surface area contributed by atoms with Gasteiger partial charge in [0.25, 0.3) is 6.43 Å². The predicted molar refractivity (Wildman–Crippen MR) is 83.0 cm³/mol. The van der Waals surface area contributed by atoms with Gasteiger partial charge in [0.05, 0.1) is 18.8 Å². The standard InChI is InChI=1S/C16H16F5N5O/c17-10-6-12(19)11(18)4-8(10)3-9(22)5-14(27)25-1-2-26-13(7-25)15(16(20)21)23-24-26/h4,6,9,16H,1-3,5,7,22H2/t9-/m1/s1. The Balaban J connectivity index is 1.64. The van der Waals surface area contributed by atoms with Crippen molar-refractivity contribution in [1.82, 2.24) is 19.9 Å². The Bertz CT molecular complexity index is 856. The minimum atomic E-state index is -2.80. The minimum absolute atomic E-state index is 0.0856. The summed E-state index contributed by atoms with van der Waals surface area (Å²) in [7, 11) is 0. The first-order valence-corrected chi connectivity index (χ1v) is 8.13. The Morgan fingerprint density at radius 3 is 2.56 bits per heavy atom. The number of fused-ring (bicyclic) bond motifs is 1. The summed E-state index contributed by atoms with van der Waals surface area (Å²) >= 11 is 0. The van der Waals surface area contributed by atoms with Gasteiger partial charge in [-0.05, 0) is 18.1 Å². The predicted octanol–water partition coefficient (Wildman–Crippen LogP) is 1.94. The van der Waals surface area contributed by atoms with Gasteiger partial charge in [0.2, 0.25) is 5.91 Å². The van der Waals surface area contributed by atoms with Crippen molar-refractivity contribution < 1.29 is 26.7 Å². The van der Waals surface area contributed by atoms with Crippen LogP contribution in [0.25, 0.3) is 0 Å². The summed E-state index contributed by atoms with van der Waals surface area (Å²) < 4.78 is 67.1. The summed E-state index contributed by atoms with van der Waals surface area (Å²) in [5.74, 6) is -3.89. The van der Waals surface area contributed by atoms with Crippen LogP contribution in [-0.4, -0.2) is 38.4 Å². The Labute approximate surface area is 150 Å². The van der Waals surface area contributed by atoms with Gasteiger partial charge in [-0.3, -0.25) is 4.79 Å². The number of nitrogens with two attached hydrogens (primary N) is 1. The number of hydrogen-bond donors (Lipinski definition) is 1. The second-order valence-electron chi connectivity index (χ2n) is 6.29. The van der Waals surface area contributed by atoms with E-state index in [2.05, 4.69) is 10.3 Å². The number of nitrogens with zero attached hydrogens (tertiary/aromatic N) is 4. The molecule has 0 saturated carbocycles. The maximum atomic E-state index is 13.7. The van der Waals surface area contributed by atoms with Crippen LogP contribution in [0.4, 0.5) is 22.0 Å². The van der Waals surface area contributed by atoms with Crippen LogP contribution >= 0.6 is 0 Å². The SMILES string of the molecule is N[C@@H](CC(=O)N1CCn2nnc(C(F)F)c2C1)Cc1cc(F)c(F)cc1F. The summed E-state index contributed by atoms with van der Waals surface area (Å²) in [5.41, 5.74) is 5.39. The zero-order valence-corrected chi connectivity index (χ0v) is 14.0. The number of carbonyl (C=O) groups excluding carboxylic acids is 1. The fourth-order valence-corrected chi connectivity index (χ4v) is 2.97. The van der Waals surface area contributed by atoms with Crippen LogP contribution in [0.3, 0.4) is 0 Å². The molecule has 1 atom stereocenters. The molecule has 146 valence electrons. The molecular weight excluding hydrogens is 373 g/mol. The molecule has 6 nitrogen and oxygen atoms in total. The van der Waals surface area contributed by atoms with Gasteiger partial charge in [-0.15, -0.1) is 5.10 Å². The van der Waals surface area contributed by atoms with E-state index in [0.29, 0.717) is 12.1 Å². The normalized spacial score (nSPS) is 15.1. The summed E-state index contributed by atoms with van der Waals surface area (Å²) in [5, 5.41) is 7.06. The molecule has 0 unspecified atom stereocenters. The van der Waals surface area contributed by atoms with Gasteiger partial charge >= 0.3 is 0 Å². The Morgan fingerprint density at radius 2 is 1.85 bits per heavy atom. The highest BCUT2D eigenvalue weighted by atomic mass is 19.3. The summed E-state index contributed by atoms with van der Waals surface area (Å²) in [4.78, 5) is 13.7. The van der Waals surface area contributed by atoms with E-state index in [4.69, 9.17) is 5.73 Å². The van der Waals surface area contributed by atoms with Crippen molar-refractivity contribution in [1.29, 1.82) is 0 Å². The molecule has 0 radical (unpaired) electrons. The molecule has 2 N–H and O–H groups in total. The quantitative estimate of drug-likeness (QED) is 0.626. The molecule has 2 heterocycles. The molecule has 2 aromatic rings. The Kier molecular flexibility index (Phi) is 5.40. The highest BCUT2D eigenvalue weighted by molar-refractivity contribution is 5.77. The van der Waals surface area contributed by atoms with Crippen molar-refractivity contribution in [3.8, 4) is 0 Å². The van der Waals surface area contributed by atoms with Gasteiger partial charge in [-0.1, -0.05) is 5.21 Å². The highest BCUT2D eigenvalue weighted by Gasteiger charge is 2.29. The number of rotatable bonds is 5. The molecule has 11 heteroatoms. The van der Waals surface area contributed by atoms with Crippen LogP contribution in [0.2, 0.25) is 0 Å². The molecule has 3 rings (SSSR count). The van der Waals surface area contributed by atoms with Gasteiger partial charge < -0.3 is 10.6 Å². The molecule has 27 heavy (non-hydrogen) atoms. The van der Waals surface area contributed by atoms with Crippen LogP contribution in [0.1, 0.15) is 29.8 Å². The topological polar surface area (TPSA) is 77.0 Å². The van der Waals surface area contributed by atoms with E-state index in [9.17, 15) is 26.7 Å². The van der Waals surface area contributed by atoms with E-state index in [0.717, 1.165) is 0 Å². The number of benzene rings is 1.